The van der Waals surface area contributed by atoms with Crippen LogP contribution in [0.1, 0.15) is 25.7 Å². The van der Waals surface area contributed by atoms with Gasteiger partial charge in [0.15, 0.2) is 5.75 Å². The molecule has 0 spiro atoms. The fourth-order valence-corrected chi connectivity index (χ4v) is 2.44. The molecular formula is C13H13NO7. The van der Waals surface area contributed by atoms with Gasteiger partial charge >= 0.3 is 11.9 Å². The second-order valence-corrected chi connectivity index (χ2v) is 4.91. The highest BCUT2D eigenvalue weighted by molar-refractivity contribution is 5.82. The zero-order valence-electron chi connectivity index (χ0n) is 11.0. The Morgan fingerprint density at radius 2 is 2.05 bits per heavy atom. The molecule has 2 aromatic rings. The maximum atomic E-state index is 11.7. The molecule has 0 amide bonds. The third kappa shape index (κ3) is 2.83. The number of hydrogen-bond acceptors (Lipinski definition) is 7. The summed E-state index contributed by atoms with van der Waals surface area (Å²) in [5.74, 6) is 0.493. The van der Waals surface area contributed by atoms with Crippen LogP contribution in [0.5, 0.6) is 5.75 Å². The number of carbonyl (C=O) groups is 1. The highest BCUT2D eigenvalue weighted by atomic mass is 16.7. The smallest absolute Gasteiger partial charge is 0.433 e. The molecule has 0 atom stereocenters. The van der Waals surface area contributed by atoms with Crippen molar-refractivity contribution in [1.82, 2.24) is 0 Å². The lowest BCUT2D eigenvalue weighted by Crippen LogP contribution is -2.31. The van der Waals surface area contributed by atoms with E-state index < -0.39 is 12.2 Å². The van der Waals surface area contributed by atoms with Crippen LogP contribution in [-0.2, 0) is 4.74 Å². The SMILES string of the molecule is O=C(Oc1coc2occc12)OC1CCC([N+](=O)[O-])CC1. The Labute approximate surface area is 118 Å². The summed E-state index contributed by atoms with van der Waals surface area (Å²) in [6.45, 7) is 0. The fraction of sp³-hybridized carbons (Fsp3) is 0.462. The van der Waals surface area contributed by atoms with Gasteiger partial charge in [0.25, 0.3) is 0 Å². The first kappa shape index (κ1) is 13.5. The number of nitrogens with zero attached hydrogens (tertiary/aromatic N) is 1. The molecule has 8 heteroatoms. The van der Waals surface area contributed by atoms with Crippen molar-refractivity contribution in [2.45, 2.75) is 37.8 Å². The summed E-state index contributed by atoms with van der Waals surface area (Å²) >= 11 is 0. The third-order valence-electron chi connectivity index (χ3n) is 3.57. The molecule has 0 radical (unpaired) electrons. The molecule has 112 valence electrons. The number of rotatable bonds is 3. The average Bonchev–Trinajstić information content (AvgIpc) is 3.04. The maximum absolute atomic E-state index is 11.7. The molecule has 0 aromatic carbocycles. The van der Waals surface area contributed by atoms with E-state index in [4.69, 9.17) is 18.3 Å². The van der Waals surface area contributed by atoms with Crippen molar-refractivity contribution in [3.63, 3.8) is 0 Å². The van der Waals surface area contributed by atoms with Gasteiger partial charge in [0.1, 0.15) is 17.8 Å². The molecule has 0 bridgehead atoms. The zero-order valence-corrected chi connectivity index (χ0v) is 11.0. The van der Waals surface area contributed by atoms with Crippen molar-refractivity contribution >= 4 is 17.3 Å². The van der Waals surface area contributed by atoms with E-state index in [0.717, 1.165) is 0 Å². The van der Waals surface area contributed by atoms with Crippen LogP contribution in [-0.4, -0.2) is 23.2 Å². The van der Waals surface area contributed by atoms with Gasteiger partial charge in [0.2, 0.25) is 6.04 Å². The normalized spacial score (nSPS) is 22.1. The van der Waals surface area contributed by atoms with E-state index in [-0.39, 0.29) is 22.6 Å². The van der Waals surface area contributed by atoms with Crippen LogP contribution in [0.4, 0.5) is 4.79 Å². The van der Waals surface area contributed by atoms with Crippen molar-refractivity contribution in [3.8, 4) is 5.75 Å². The Morgan fingerprint density at radius 3 is 2.76 bits per heavy atom. The van der Waals surface area contributed by atoms with E-state index in [1.54, 1.807) is 6.07 Å². The van der Waals surface area contributed by atoms with Crippen molar-refractivity contribution in [1.29, 1.82) is 0 Å². The van der Waals surface area contributed by atoms with E-state index in [2.05, 4.69) is 0 Å². The van der Waals surface area contributed by atoms with Gasteiger partial charge in [-0.05, 0) is 18.9 Å². The van der Waals surface area contributed by atoms with Gasteiger partial charge in [-0.1, -0.05) is 0 Å². The van der Waals surface area contributed by atoms with Crippen LogP contribution >= 0.6 is 0 Å². The highest BCUT2D eigenvalue weighted by Crippen LogP contribution is 2.29. The third-order valence-corrected chi connectivity index (χ3v) is 3.57. The molecule has 0 saturated heterocycles. The number of hydrogen-bond donors (Lipinski definition) is 0. The summed E-state index contributed by atoms with van der Waals surface area (Å²) in [6, 6.07) is 1.07. The van der Waals surface area contributed by atoms with Crippen molar-refractivity contribution in [3.05, 3.63) is 28.7 Å². The lowest BCUT2D eigenvalue weighted by Gasteiger charge is -2.23. The van der Waals surface area contributed by atoms with E-state index in [0.29, 0.717) is 31.1 Å². The van der Waals surface area contributed by atoms with Gasteiger partial charge in [-0.15, -0.1) is 0 Å². The predicted molar refractivity (Wildman–Crippen MR) is 68.6 cm³/mol. The molecule has 3 rings (SSSR count). The van der Waals surface area contributed by atoms with Crippen LogP contribution in [0.3, 0.4) is 0 Å². The molecule has 2 heterocycles. The second kappa shape index (κ2) is 5.47. The number of carbonyl (C=O) groups excluding carboxylic acids is 1. The zero-order chi connectivity index (χ0) is 14.8. The molecule has 21 heavy (non-hydrogen) atoms. The highest BCUT2D eigenvalue weighted by Gasteiger charge is 2.30. The van der Waals surface area contributed by atoms with Crippen molar-refractivity contribution < 1.29 is 28.0 Å². The predicted octanol–water partition coefficient (Wildman–Crippen LogP) is 3.13. The number of ether oxygens (including phenoxy) is 2. The van der Waals surface area contributed by atoms with Gasteiger partial charge in [0.05, 0.1) is 6.26 Å². The number of fused-ring (bicyclic) bond motifs is 1. The monoisotopic (exact) mass is 295 g/mol. The standard InChI is InChI=1S/C13H13NO7/c15-13(20-9-3-1-8(2-4-9)14(16)17)21-11-7-19-12-10(11)5-6-18-12/h5-9H,1-4H2. The van der Waals surface area contributed by atoms with Crippen LogP contribution in [0, 0.1) is 10.1 Å². The van der Waals surface area contributed by atoms with E-state index in [1.165, 1.54) is 12.5 Å². The lowest BCUT2D eigenvalue weighted by atomic mass is 9.93. The molecule has 0 unspecified atom stereocenters. The minimum Gasteiger partial charge on any atom is -0.433 e. The average molecular weight is 295 g/mol. The van der Waals surface area contributed by atoms with Gasteiger partial charge in [-0.25, -0.2) is 4.79 Å². The van der Waals surface area contributed by atoms with Crippen LogP contribution in [0.2, 0.25) is 0 Å². The summed E-state index contributed by atoms with van der Waals surface area (Å²) < 4.78 is 20.3. The Kier molecular flexibility index (Phi) is 3.51. The van der Waals surface area contributed by atoms with Crippen LogP contribution in [0.25, 0.3) is 11.2 Å². The van der Waals surface area contributed by atoms with Gasteiger partial charge in [0, 0.05) is 17.8 Å². The summed E-state index contributed by atoms with van der Waals surface area (Å²) in [7, 11) is 0. The Balaban J connectivity index is 1.53. The molecule has 0 aliphatic heterocycles. The molecule has 2 aromatic heterocycles. The topological polar surface area (TPSA) is 105 Å². The maximum Gasteiger partial charge on any atom is 0.514 e. The van der Waals surface area contributed by atoms with E-state index >= 15 is 0 Å². The molecule has 8 nitrogen and oxygen atoms in total. The number of nitro groups is 1. The quantitative estimate of drug-likeness (QED) is 0.486. The Bertz CT molecular complexity index is 650. The first-order valence-corrected chi connectivity index (χ1v) is 6.60. The first-order chi connectivity index (χ1) is 10.1. The summed E-state index contributed by atoms with van der Waals surface area (Å²) in [4.78, 5) is 22.1. The fourth-order valence-electron chi connectivity index (χ4n) is 2.44. The summed E-state index contributed by atoms with van der Waals surface area (Å²) in [5.41, 5.74) is 0. The van der Waals surface area contributed by atoms with Crippen molar-refractivity contribution in [2.75, 3.05) is 0 Å². The summed E-state index contributed by atoms with van der Waals surface area (Å²) in [6.07, 6.45) is 3.24. The van der Waals surface area contributed by atoms with Gasteiger partial charge < -0.3 is 18.3 Å². The minimum absolute atomic E-state index is 0.225. The van der Waals surface area contributed by atoms with Crippen molar-refractivity contribution in [2.24, 2.45) is 0 Å². The largest absolute Gasteiger partial charge is 0.514 e. The Hall–Kier alpha value is -2.51. The van der Waals surface area contributed by atoms with E-state index in [9.17, 15) is 14.9 Å². The molecule has 1 saturated carbocycles. The van der Waals surface area contributed by atoms with Gasteiger partial charge in [-0.3, -0.25) is 10.1 Å². The van der Waals surface area contributed by atoms with E-state index in [1.807, 2.05) is 0 Å². The number of furan rings is 2. The second-order valence-electron chi connectivity index (χ2n) is 4.91. The van der Waals surface area contributed by atoms with Crippen LogP contribution < -0.4 is 4.74 Å². The van der Waals surface area contributed by atoms with Crippen LogP contribution in [0.15, 0.2) is 27.4 Å². The molecular weight excluding hydrogens is 282 g/mol. The molecule has 1 aliphatic carbocycles. The lowest BCUT2D eigenvalue weighted by molar-refractivity contribution is -0.527. The summed E-state index contributed by atoms with van der Waals surface area (Å²) in [5, 5.41) is 11.2. The Morgan fingerprint density at radius 1 is 1.29 bits per heavy atom. The molecule has 1 aliphatic rings. The van der Waals surface area contributed by atoms with Gasteiger partial charge in [-0.2, -0.15) is 0 Å². The minimum atomic E-state index is -0.844. The first-order valence-electron chi connectivity index (χ1n) is 6.60. The molecule has 0 N–H and O–H groups in total. The molecule has 1 fully saturated rings.